The smallest absolute Gasteiger partial charge is 0.246 e. The van der Waals surface area contributed by atoms with E-state index in [0.717, 1.165) is 15.9 Å². The van der Waals surface area contributed by atoms with Crippen LogP contribution in [0.4, 0.5) is 5.69 Å². The highest BCUT2D eigenvalue weighted by atomic mass is 79.9. The number of para-hydroxylation sites is 2. The lowest BCUT2D eigenvalue weighted by Crippen LogP contribution is -2.20. The SMILES string of the molecule is COc1ccccc1NC(=O)Cn1nc(C)c(Br)c1C. The second kappa shape index (κ2) is 6.09. The fourth-order valence-electron chi connectivity index (χ4n) is 1.90. The molecule has 6 heteroatoms. The number of ether oxygens (including phenoxy) is 1. The summed E-state index contributed by atoms with van der Waals surface area (Å²) in [5, 5.41) is 7.14. The van der Waals surface area contributed by atoms with Gasteiger partial charge in [0.05, 0.1) is 28.7 Å². The number of methoxy groups -OCH3 is 1. The molecule has 2 rings (SSSR count). The number of carbonyl (C=O) groups is 1. The summed E-state index contributed by atoms with van der Waals surface area (Å²) < 4.78 is 7.80. The molecule has 106 valence electrons. The van der Waals surface area contributed by atoms with E-state index in [1.165, 1.54) is 0 Å². The minimum atomic E-state index is -0.146. The minimum Gasteiger partial charge on any atom is -0.495 e. The number of aryl methyl sites for hydroxylation is 1. The Hall–Kier alpha value is -1.82. The first-order valence-corrected chi connectivity index (χ1v) is 6.94. The van der Waals surface area contributed by atoms with Crippen molar-refractivity contribution in [3.05, 3.63) is 40.1 Å². The number of aromatic nitrogens is 2. The van der Waals surface area contributed by atoms with Crippen molar-refractivity contribution in [2.45, 2.75) is 20.4 Å². The molecule has 0 radical (unpaired) electrons. The van der Waals surface area contributed by atoms with E-state index in [4.69, 9.17) is 4.74 Å². The van der Waals surface area contributed by atoms with Crippen molar-refractivity contribution in [3.8, 4) is 5.75 Å². The molecule has 0 bridgehead atoms. The molecule has 20 heavy (non-hydrogen) atoms. The highest BCUT2D eigenvalue weighted by Gasteiger charge is 2.13. The van der Waals surface area contributed by atoms with E-state index in [2.05, 4.69) is 26.3 Å². The first-order valence-electron chi connectivity index (χ1n) is 6.15. The molecule has 0 aliphatic rings. The number of hydrogen-bond donors (Lipinski definition) is 1. The summed E-state index contributed by atoms with van der Waals surface area (Å²) in [5.41, 5.74) is 2.45. The van der Waals surface area contributed by atoms with Crippen molar-refractivity contribution in [3.63, 3.8) is 0 Å². The summed E-state index contributed by atoms with van der Waals surface area (Å²) in [6.45, 7) is 3.97. The fourth-order valence-corrected chi connectivity index (χ4v) is 2.19. The molecule has 1 N–H and O–H groups in total. The maximum atomic E-state index is 12.1. The summed E-state index contributed by atoms with van der Waals surface area (Å²) in [7, 11) is 1.57. The van der Waals surface area contributed by atoms with Gasteiger partial charge in [0, 0.05) is 0 Å². The Morgan fingerprint density at radius 2 is 2.10 bits per heavy atom. The van der Waals surface area contributed by atoms with Crippen LogP contribution < -0.4 is 10.1 Å². The van der Waals surface area contributed by atoms with Gasteiger partial charge in [-0.1, -0.05) is 12.1 Å². The molecule has 0 unspecified atom stereocenters. The van der Waals surface area contributed by atoms with E-state index >= 15 is 0 Å². The third-order valence-electron chi connectivity index (χ3n) is 2.97. The lowest BCUT2D eigenvalue weighted by molar-refractivity contribution is -0.116. The normalized spacial score (nSPS) is 10.4. The van der Waals surface area contributed by atoms with E-state index in [1.54, 1.807) is 23.9 Å². The van der Waals surface area contributed by atoms with Crippen molar-refractivity contribution < 1.29 is 9.53 Å². The van der Waals surface area contributed by atoms with Gasteiger partial charge < -0.3 is 10.1 Å². The molecular formula is C14H16BrN3O2. The Balaban J connectivity index is 2.11. The third-order valence-corrected chi connectivity index (χ3v) is 4.12. The standard InChI is InChI=1S/C14H16BrN3O2/c1-9-14(15)10(2)18(17-9)8-13(19)16-11-6-4-5-7-12(11)20-3/h4-7H,8H2,1-3H3,(H,16,19). The molecule has 0 spiro atoms. The number of hydrogen-bond acceptors (Lipinski definition) is 3. The second-order valence-corrected chi connectivity index (χ2v) is 5.18. The van der Waals surface area contributed by atoms with Gasteiger partial charge in [0.2, 0.25) is 5.91 Å². The fraction of sp³-hybridized carbons (Fsp3) is 0.286. The quantitative estimate of drug-likeness (QED) is 0.933. The van der Waals surface area contributed by atoms with Gasteiger partial charge in [0.15, 0.2) is 0 Å². The summed E-state index contributed by atoms with van der Waals surface area (Å²) in [4.78, 5) is 12.1. The minimum absolute atomic E-state index is 0.146. The highest BCUT2D eigenvalue weighted by molar-refractivity contribution is 9.10. The molecule has 0 saturated carbocycles. The highest BCUT2D eigenvalue weighted by Crippen LogP contribution is 2.23. The molecule has 0 fully saturated rings. The van der Waals surface area contributed by atoms with Crippen LogP contribution in [0.2, 0.25) is 0 Å². The Bertz CT molecular complexity index is 637. The number of carbonyl (C=O) groups excluding carboxylic acids is 1. The van der Waals surface area contributed by atoms with Crippen LogP contribution in [-0.2, 0) is 11.3 Å². The molecule has 0 saturated heterocycles. The van der Waals surface area contributed by atoms with Crippen LogP contribution in [-0.4, -0.2) is 22.8 Å². The van der Waals surface area contributed by atoms with Crippen LogP contribution in [0.5, 0.6) is 5.75 Å². The van der Waals surface area contributed by atoms with Gasteiger partial charge in [-0.3, -0.25) is 9.48 Å². The van der Waals surface area contributed by atoms with Gasteiger partial charge in [-0.2, -0.15) is 5.10 Å². The number of benzene rings is 1. The lowest BCUT2D eigenvalue weighted by atomic mass is 10.3. The predicted molar refractivity (Wildman–Crippen MR) is 81.0 cm³/mol. The number of nitrogens with one attached hydrogen (secondary N) is 1. The summed E-state index contributed by atoms with van der Waals surface area (Å²) in [5.74, 6) is 0.489. The maximum Gasteiger partial charge on any atom is 0.246 e. The molecule has 2 aromatic rings. The van der Waals surface area contributed by atoms with Gasteiger partial charge in [-0.15, -0.1) is 0 Å². The lowest BCUT2D eigenvalue weighted by Gasteiger charge is -2.10. The van der Waals surface area contributed by atoms with Crippen molar-refractivity contribution in [1.29, 1.82) is 0 Å². The van der Waals surface area contributed by atoms with Crippen molar-refractivity contribution >= 4 is 27.5 Å². The topological polar surface area (TPSA) is 56.1 Å². The average molecular weight is 338 g/mol. The third kappa shape index (κ3) is 3.01. The molecule has 1 aromatic carbocycles. The Kier molecular flexibility index (Phi) is 4.44. The zero-order chi connectivity index (χ0) is 14.7. The monoisotopic (exact) mass is 337 g/mol. The average Bonchev–Trinajstić information content (AvgIpc) is 2.67. The molecule has 1 aromatic heterocycles. The predicted octanol–water partition coefficient (Wildman–Crippen LogP) is 2.91. The zero-order valence-electron chi connectivity index (χ0n) is 11.6. The van der Waals surface area contributed by atoms with E-state index < -0.39 is 0 Å². The molecule has 1 amide bonds. The molecule has 0 aliphatic heterocycles. The summed E-state index contributed by atoms with van der Waals surface area (Å²) in [6, 6.07) is 7.30. The number of nitrogens with zero attached hydrogens (tertiary/aromatic N) is 2. The molecule has 0 atom stereocenters. The van der Waals surface area contributed by atoms with Crippen LogP contribution in [0.1, 0.15) is 11.4 Å². The van der Waals surface area contributed by atoms with E-state index in [0.29, 0.717) is 11.4 Å². The molecule has 5 nitrogen and oxygen atoms in total. The van der Waals surface area contributed by atoms with Crippen LogP contribution in [0.15, 0.2) is 28.7 Å². The van der Waals surface area contributed by atoms with Crippen molar-refractivity contribution in [2.75, 3.05) is 12.4 Å². The van der Waals surface area contributed by atoms with Crippen LogP contribution in [0, 0.1) is 13.8 Å². The number of halogens is 1. The Morgan fingerprint density at radius 1 is 1.40 bits per heavy atom. The van der Waals surface area contributed by atoms with E-state index in [-0.39, 0.29) is 12.5 Å². The Labute approximate surface area is 126 Å². The van der Waals surface area contributed by atoms with Gasteiger partial charge in [0.1, 0.15) is 12.3 Å². The first kappa shape index (κ1) is 14.6. The number of amides is 1. The summed E-state index contributed by atoms with van der Waals surface area (Å²) in [6.07, 6.45) is 0. The number of rotatable bonds is 4. The van der Waals surface area contributed by atoms with Gasteiger partial charge in [0.25, 0.3) is 0 Å². The first-order chi connectivity index (χ1) is 9.52. The Morgan fingerprint density at radius 3 is 2.70 bits per heavy atom. The van der Waals surface area contributed by atoms with Crippen molar-refractivity contribution in [1.82, 2.24) is 9.78 Å². The van der Waals surface area contributed by atoms with Crippen LogP contribution in [0.25, 0.3) is 0 Å². The van der Waals surface area contributed by atoms with Gasteiger partial charge in [-0.05, 0) is 41.9 Å². The van der Waals surface area contributed by atoms with Crippen LogP contribution in [0.3, 0.4) is 0 Å². The van der Waals surface area contributed by atoms with Crippen molar-refractivity contribution in [2.24, 2.45) is 0 Å². The molecule has 1 heterocycles. The molecule has 0 aliphatic carbocycles. The summed E-state index contributed by atoms with van der Waals surface area (Å²) >= 11 is 3.44. The number of anilines is 1. The van der Waals surface area contributed by atoms with E-state index in [1.807, 2.05) is 26.0 Å². The zero-order valence-corrected chi connectivity index (χ0v) is 13.2. The second-order valence-electron chi connectivity index (χ2n) is 4.39. The van der Waals surface area contributed by atoms with E-state index in [9.17, 15) is 4.79 Å². The largest absolute Gasteiger partial charge is 0.495 e. The maximum absolute atomic E-state index is 12.1. The van der Waals surface area contributed by atoms with Gasteiger partial charge in [-0.25, -0.2) is 0 Å². The van der Waals surface area contributed by atoms with Crippen LogP contribution >= 0.6 is 15.9 Å². The van der Waals surface area contributed by atoms with Gasteiger partial charge >= 0.3 is 0 Å². The molecular weight excluding hydrogens is 322 g/mol.